The van der Waals surface area contributed by atoms with Crippen molar-refractivity contribution >= 4 is 30.5 Å². The Kier molecular flexibility index (Phi) is 4.42. The highest BCUT2D eigenvalue weighted by Crippen LogP contribution is 2.19. The van der Waals surface area contributed by atoms with Crippen molar-refractivity contribution in [3.63, 3.8) is 0 Å². The smallest absolute Gasteiger partial charge is 0.0699 e. The van der Waals surface area contributed by atoms with Crippen molar-refractivity contribution in [1.29, 1.82) is 0 Å². The predicted octanol–water partition coefficient (Wildman–Crippen LogP) is 4.27. The minimum atomic E-state index is 0.649. The Morgan fingerprint density at radius 3 is 2.58 bits per heavy atom. The number of anilines is 1. The van der Waals surface area contributed by atoms with Gasteiger partial charge in [0.15, 0.2) is 0 Å². The zero-order valence-corrected chi connectivity index (χ0v) is 11.5. The number of hydrogen-bond acceptors (Lipinski definition) is 3. The Morgan fingerprint density at radius 1 is 1.11 bits per heavy atom. The van der Waals surface area contributed by atoms with E-state index in [-0.39, 0.29) is 0 Å². The average molecular weight is 268 g/mol. The van der Waals surface area contributed by atoms with Gasteiger partial charge in [-0.3, -0.25) is 4.98 Å². The van der Waals surface area contributed by atoms with E-state index in [2.05, 4.69) is 36.1 Å². The van der Waals surface area contributed by atoms with Crippen LogP contribution >= 0.6 is 12.6 Å². The Balaban J connectivity index is 2.14. The van der Waals surface area contributed by atoms with Gasteiger partial charge in [0.25, 0.3) is 0 Å². The fourth-order valence-electron chi connectivity index (χ4n) is 1.77. The lowest BCUT2D eigenvalue weighted by Gasteiger charge is -2.09. The van der Waals surface area contributed by atoms with E-state index in [1.807, 2.05) is 36.4 Å². The molecule has 0 bridgehead atoms. The Morgan fingerprint density at radius 2 is 1.89 bits per heavy atom. The number of para-hydroxylation sites is 1. The van der Waals surface area contributed by atoms with E-state index in [1.165, 1.54) is 0 Å². The maximum atomic E-state index is 4.53. The molecule has 2 aromatic rings. The lowest BCUT2D eigenvalue weighted by atomic mass is 10.1. The van der Waals surface area contributed by atoms with Gasteiger partial charge in [0.1, 0.15) is 0 Å². The second kappa shape index (κ2) is 6.25. The summed E-state index contributed by atoms with van der Waals surface area (Å²) in [6.45, 7) is 8.18. The average Bonchev–Trinajstić information content (AvgIpc) is 2.46. The van der Waals surface area contributed by atoms with Crippen LogP contribution in [0, 0.1) is 0 Å². The summed E-state index contributed by atoms with van der Waals surface area (Å²) in [5.74, 6) is 0. The van der Waals surface area contributed by atoms with Crippen LogP contribution in [0.4, 0.5) is 5.69 Å². The quantitative estimate of drug-likeness (QED) is 0.792. The van der Waals surface area contributed by atoms with Crippen LogP contribution in [0.25, 0.3) is 12.2 Å². The highest BCUT2D eigenvalue weighted by molar-refractivity contribution is 7.80. The number of thiol groups is 1. The predicted molar refractivity (Wildman–Crippen MR) is 85.4 cm³/mol. The molecule has 0 unspecified atom stereocenters. The standard InChI is InChI=1S/C16H16N2S/c1-3-12-9-10-13(18-14(12)4-2)11-17-15-7-5-6-8-16(15)19/h3-10,17,19H,1-2,11H2. The Labute approximate surface area is 119 Å². The maximum absolute atomic E-state index is 4.53. The van der Waals surface area contributed by atoms with E-state index in [0.29, 0.717) is 6.54 Å². The molecule has 2 nitrogen and oxygen atoms in total. The minimum absolute atomic E-state index is 0.649. The fourth-order valence-corrected chi connectivity index (χ4v) is 2.01. The van der Waals surface area contributed by atoms with E-state index in [1.54, 1.807) is 12.2 Å². The van der Waals surface area contributed by atoms with Gasteiger partial charge < -0.3 is 5.32 Å². The van der Waals surface area contributed by atoms with Gasteiger partial charge in [0, 0.05) is 10.6 Å². The lowest BCUT2D eigenvalue weighted by Crippen LogP contribution is -2.03. The molecule has 2 rings (SSSR count). The Hall–Kier alpha value is -2.00. The zero-order chi connectivity index (χ0) is 13.7. The van der Waals surface area contributed by atoms with Crippen LogP contribution in [0.1, 0.15) is 17.0 Å². The van der Waals surface area contributed by atoms with Crippen molar-refractivity contribution in [3.8, 4) is 0 Å². The molecule has 0 saturated heterocycles. The first kappa shape index (κ1) is 13.4. The third-order valence-electron chi connectivity index (χ3n) is 2.79. The topological polar surface area (TPSA) is 24.9 Å². The first-order chi connectivity index (χ1) is 9.24. The highest BCUT2D eigenvalue weighted by Gasteiger charge is 2.02. The second-order valence-corrected chi connectivity index (χ2v) is 4.54. The molecule has 1 aromatic heterocycles. The van der Waals surface area contributed by atoms with Gasteiger partial charge in [-0.15, -0.1) is 12.6 Å². The number of nitrogens with zero attached hydrogens (tertiary/aromatic N) is 1. The molecule has 19 heavy (non-hydrogen) atoms. The summed E-state index contributed by atoms with van der Waals surface area (Å²) in [7, 11) is 0. The molecule has 0 radical (unpaired) electrons. The lowest BCUT2D eigenvalue weighted by molar-refractivity contribution is 1.03. The normalized spacial score (nSPS) is 9.95. The van der Waals surface area contributed by atoms with Crippen molar-refractivity contribution in [2.75, 3.05) is 5.32 Å². The molecule has 0 atom stereocenters. The maximum Gasteiger partial charge on any atom is 0.0699 e. The van der Waals surface area contributed by atoms with Crippen molar-refractivity contribution in [2.45, 2.75) is 11.4 Å². The molecular weight excluding hydrogens is 252 g/mol. The minimum Gasteiger partial charge on any atom is -0.378 e. The van der Waals surface area contributed by atoms with Crippen LogP contribution in [0.15, 0.2) is 54.5 Å². The van der Waals surface area contributed by atoms with Gasteiger partial charge in [-0.25, -0.2) is 0 Å². The molecule has 1 aromatic carbocycles. The van der Waals surface area contributed by atoms with Gasteiger partial charge in [0.2, 0.25) is 0 Å². The van der Waals surface area contributed by atoms with Gasteiger partial charge in [0.05, 0.1) is 17.9 Å². The molecule has 0 saturated carbocycles. The molecule has 1 heterocycles. The molecule has 1 N–H and O–H groups in total. The number of hydrogen-bond donors (Lipinski definition) is 2. The molecule has 0 amide bonds. The summed E-state index contributed by atoms with van der Waals surface area (Å²) in [6, 6.07) is 11.9. The van der Waals surface area contributed by atoms with Crippen LogP contribution in [0.3, 0.4) is 0 Å². The van der Waals surface area contributed by atoms with E-state index in [4.69, 9.17) is 0 Å². The van der Waals surface area contributed by atoms with Crippen molar-refractivity contribution in [3.05, 3.63) is 66.5 Å². The summed E-state index contributed by atoms with van der Waals surface area (Å²) in [4.78, 5) is 5.46. The van der Waals surface area contributed by atoms with Crippen LogP contribution in [0.2, 0.25) is 0 Å². The van der Waals surface area contributed by atoms with Crippen LogP contribution < -0.4 is 5.32 Å². The van der Waals surface area contributed by atoms with Gasteiger partial charge >= 0.3 is 0 Å². The summed E-state index contributed by atoms with van der Waals surface area (Å²) >= 11 is 4.40. The monoisotopic (exact) mass is 268 g/mol. The number of nitrogens with one attached hydrogen (secondary N) is 1. The largest absolute Gasteiger partial charge is 0.378 e. The number of aromatic nitrogens is 1. The van der Waals surface area contributed by atoms with Crippen molar-refractivity contribution in [1.82, 2.24) is 4.98 Å². The molecule has 0 spiro atoms. The first-order valence-corrected chi connectivity index (χ1v) is 6.46. The van der Waals surface area contributed by atoms with E-state index in [0.717, 1.165) is 27.5 Å². The molecule has 0 aliphatic carbocycles. The van der Waals surface area contributed by atoms with Crippen LogP contribution in [-0.2, 0) is 6.54 Å². The molecule has 3 heteroatoms. The van der Waals surface area contributed by atoms with Crippen molar-refractivity contribution < 1.29 is 0 Å². The molecule has 0 aliphatic rings. The number of rotatable bonds is 5. The number of pyridine rings is 1. The van der Waals surface area contributed by atoms with Crippen LogP contribution in [0.5, 0.6) is 0 Å². The van der Waals surface area contributed by atoms with E-state index in [9.17, 15) is 0 Å². The Bertz CT molecular complexity index is 605. The molecule has 0 aliphatic heterocycles. The summed E-state index contributed by atoms with van der Waals surface area (Å²) in [5.41, 5.74) is 3.81. The SMILES string of the molecule is C=Cc1ccc(CNc2ccccc2S)nc1C=C. The van der Waals surface area contributed by atoms with Gasteiger partial charge in [-0.1, -0.05) is 37.4 Å². The van der Waals surface area contributed by atoms with Crippen molar-refractivity contribution in [2.24, 2.45) is 0 Å². The highest BCUT2D eigenvalue weighted by atomic mass is 32.1. The number of benzene rings is 1. The third kappa shape index (κ3) is 3.26. The first-order valence-electron chi connectivity index (χ1n) is 6.01. The fraction of sp³-hybridized carbons (Fsp3) is 0.0625. The van der Waals surface area contributed by atoms with Crippen LogP contribution in [-0.4, -0.2) is 4.98 Å². The van der Waals surface area contributed by atoms with Gasteiger partial charge in [-0.2, -0.15) is 0 Å². The summed E-state index contributed by atoms with van der Waals surface area (Å²) < 4.78 is 0. The second-order valence-electron chi connectivity index (χ2n) is 4.06. The van der Waals surface area contributed by atoms with Gasteiger partial charge in [-0.05, 0) is 29.8 Å². The van der Waals surface area contributed by atoms with E-state index < -0.39 is 0 Å². The molecule has 96 valence electrons. The molecule has 0 fully saturated rings. The summed E-state index contributed by atoms with van der Waals surface area (Å²) in [5, 5.41) is 3.32. The summed E-state index contributed by atoms with van der Waals surface area (Å²) in [6.07, 6.45) is 3.53. The third-order valence-corrected chi connectivity index (χ3v) is 3.18. The zero-order valence-electron chi connectivity index (χ0n) is 10.6. The van der Waals surface area contributed by atoms with E-state index >= 15 is 0 Å². The molecular formula is C16H16N2S.